The molecule has 4 rings (SSSR count). The molecule has 32 heavy (non-hydrogen) atoms. The minimum Gasteiger partial charge on any atom is -0.489 e. The highest BCUT2D eigenvalue weighted by Crippen LogP contribution is 2.19. The molecule has 8 heteroatoms. The van der Waals surface area contributed by atoms with Crippen LogP contribution in [-0.4, -0.2) is 16.8 Å². The molecule has 2 aromatic heterocycles. The summed E-state index contributed by atoms with van der Waals surface area (Å²) in [6.45, 7) is 0.888. The number of amides is 2. The van der Waals surface area contributed by atoms with Gasteiger partial charge in [0.1, 0.15) is 12.4 Å². The SMILES string of the molecule is O=C(Cc1csc(NC(=O)c2cccs2)n1)NCc1cccc(OCc2ccccc2)c1. The van der Waals surface area contributed by atoms with Crippen LogP contribution in [0.1, 0.15) is 26.5 Å². The van der Waals surface area contributed by atoms with Gasteiger partial charge in [0.2, 0.25) is 5.91 Å². The number of carbonyl (C=O) groups excluding carboxylic acids is 2. The molecule has 0 aliphatic rings. The molecule has 162 valence electrons. The fourth-order valence-corrected chi connectivity index (χ4v) is 4.25. The predicted molar refractivity (Wildman–Crippen MR) is 127 cm³/mol. The molecule has 4 aromatic rings. The largest absolute Gasteiger partial charge is 0.489 e. The van der Waals surface area contributed by atoms with Crippen LogP contribution in [0.15, 0.2) is 77.5 Å². The van der Waals surface area contributed by atoms with E-state index in [1.54, 1.807) is 11.4 Å². The fourth-order valence-electron chi connectivity index (χ4n) is 2.93. The molecule has 0 aliphatic carbocycles. The zero-order chi connectivity index (χ0) is 22.2. The van der Waals surface area contributed by atoms with Crippen molar-refractivity contribution in [1.29, 1.82) is 0 Å². The van der Waals surface area contributed by atoms with Crippen LogP contribution in [-0.2, 0) is 24.4 Å². The summed E-state index contributed by atoms with van der Waals surface area (Å²) < 4.78 is 5.84. The van der Waals surface area contributed by atoms with E-state index in [2.05, 4.69) is 15.6 Å². The first kappa shape index (κ1) is 21.7. The van der Waals surface area contributed by atoms with Crippen LogP contribution in [0.2, 0.25) is 0 Å². The number of aromatic nitrogens is 1. The Bertz CT molecular complexity index is 1170. The Morgan fingerprint density at radius 3 is 2.59 bits per heavy atom. The Morgan fingerprint density at radius 1 is 0.938 bits per heavy atom. The minimum absolute atomic E-state index is 0.137. The average molecular weight is 464 g/mol. The van der Waals surface area contributed by atoms with E-state index in [1.807, 2.05) is 66.0 Å². The Morgan fingerprint density at radius 2 is 1.78 bits per heavy atom. The quantitative estimate of drug-likeness (QED) is 0.370. The highest BCUT2D eigenvalue weighted by molar-refractivity contribution is 7.14. The lowest BCUT2D eigenvalue weighted by Crippen LogP contribution is -2.24. The molecule has 0 bridgehead atoms. The zero-order valence-electron chi connectivity index (χ0n) is 17.1. The maximum absolute atomic E-state index is 12.3. The van der Waals surface area contributed by atoms with Crippen LogP contribution in [0.4, 0.5) is 5.13 Å². The molecule has 0 saturated carbocycles. The first-order chi connectivity index (χ1) is 15.7. The number of hydrogen-bond donors (Lipinski definition) is 2. The van der Waals surface area contributed by atoms with Crippen molar-refractivity contribution in [3.05, 3.63) is 99.2 Å². The van der Waals surface area contributed by atoms with Crippen LogP contribution in [0.5, 0.6) is 5.75 Å². The number of nitrogens with one attached hydrogen (secondary N) is 2. The average Bonchev–Trinajstić information content (AvgIpc) is 3.50. The van der Waals surface area contributed by atoms with E-state index in [4.69, 9.17) is 4.74 Å². The number of nitrogens with zero attached hydrogens (tertiary/aromatic N) is 1. The molecule has 0 saturated heterocycles. The summed E-state index contributed by atoms with van der Waals surface area (Å²) in [7, 11) is 0. The highest BCUT2D eigenvalue weighted by Gasteiger charge is 2.12. The predicted octanol–water partition coefficient (Wildman–Crippen LogP) is 4.89. The number of ether oxygens (including phenoxy) is 1. The van der Waals surface area contributed by atoms with Gasteiger partial charge in [-0.1, -0.05) is 48.5 Å². The van der Waals surface area contributed by atoms with Crippen molar-refractivity contribution in [3.63, 3.8) is 0 Å². The second kappa shape index (κ2) is 10.7. The van der Waals surface area contributed by atoms with Crippen LogP contribution in [0, 0.1) is 0 Å². The van der Waals surface area contributed by atoms with E-state index in [1.165, 1.54) is 22.7 Å². The van der Waals surface area contributed by atoms with Gasteiger partial charge in [-0.15, -0.1) is 22.7 Å². The molecule has 6 nitrogen and oxygen atoms in total. The molecule has 2 amide bonds. The van der Waals surface area contributed by atoms with Gasteiger partial charge in [-0.05, 0) is 34.7 Å². The zero-order valence-corrected chi connectivity index (χ0v) is 18.7. The van der Waals surface area contributed by atoms with Gasteiger partial charge in [0.15, 0.2) is 5.13 Å². The Labute approximate surface area is 193 Å². The summed E-state index contributed by atoms with van der Waals surface area (Å²) in [6.07, 6.45) is 0.148. The first-order valence-electron chi connectivity index (χ1n) is 9.97. The smallest absolute Gasteiger partial charge is 0.267 e. The highest BCUT2D eigenvalue weighted by atomic mass is 32.1. The van der Waals surface area contributed by atoms with Crippen molar-refractivity contribution >= 4 is 39.6 Å². The van der Waals surface area contributed by atoms with Gasteiger partial charge in [0, 0.05) is 11.9 Å². The lowest BCUT2D eigenvalue weighted by Gasteiger charge is -2.09. The molecule has 2 aromatic carbocycles. The molecule has 0 unspecified atom stereocenters. The lowest BCUT2D eigenvalue weighted by atomic mass is 10.2. The third-order valence-corrected chi connectivity index (χ3v) is 6.17. The van der Waals surface area contributed by atoms with Crippen LogP contribution < -0.4 is 15.4 Å². The molecule has 0 fully saturated rings. The molecule has 0 aliphatic heterocycles. The second-order valence-electron chi connectivity index (χ2n) is 6.95. The van der Waals surface area contributed by atoms with Gasteiger partial charge < -0.3 is 10.1 Å². The number of thiazole rings is 1. The molecule has 0 atom stereocenters. The molecular formula is C24H21N3O3S2. The molecule has 0 spiro atoms. The summed E-state index contributed by atoms with van der Waals surface area (Å²) in [5.41, 5.74) is 2.67. The van der Waals surface area contributed by atoms with Crippen molar-refractivity contribution in [2.75, 3.05) is 5.32 Å². The van der Waals surface area contributed by atoms with Crippen molar-refractivity contribution in [1.82, 2.24) is 10.3 Å². The number of rotatable bonds is 9. The topological polar surface area (TPSA) is 80.3 Å². The number of hydrogen-bond acceptors (Lipinski definition) is 6. The van der Waals surface area contributed by atoms with Gasteiger partial charge in [0.25, 0.3) is 5.91 Å². The van der Waals surface area contributed by atoms with Gasteiger partial charge in [-0.25, -0.2) is 4.98 Å². The van der Waals surface area contributed by atoms with E-state index in [0.29, 0.717) is 28.9 Å². The fraction of sp³-hybridized carbons (Fsp3) is 0.125. The number of anilines is 1. The van der Waals surface area contributed by atoms with E-state index in [0.717, 1.165) is 16.9 Å². The first-order valence-corrected chi connectivity index (χ1v) is 11.7. The van der Waals surface area contributed by atoms with Crippen molar-refractivity contribution in [2.24, 2.45) is 0 Å². The molecule has 2 heterocycles. The van der Waals surface area contributed by atoms with Gasteiger partial charge in [0.05, 0.1) is 17.0 Å². The van der Waals surface area contributed by atoms with Crippen molar-refractivity contribution in [2.45, 2.75) is 19.6 Å². The van der Waals surface area contributed by atoms with Crippen LogP contribution in [0.25, 0.3) is 0 Å². The third kappa shape index (κ3) is 6.26. The number of thiophene rings is 1. The summed E-state index contributed by atoms with van der Waals surface area (Å²) in [6, 6.07) is 21.2. The molecular weight excluding hydrogens is 442 g/mol. The lowest BCUT2D eigenvalue weighted by molar-refractivity contribution is -0.120. The van der Waals surface area contributed by atoms with E-state index in [-0.39, 0.29) is 18.2 Å². The van der Waals surface area contributed by atoms with E-state index >= 15 is 0 Å². The Hall–Kier alpha value is -3.49. The summed E-state index contributed by atoms with van der Waals surface area (Å²) in [5, 5.41) is 9.77. The van der Waals surface area contributed by atoms with Gasteiger partial charge in [-0.2, -0.15) is 0 Å². The Kier molecular flexibility index (Phi) is 7.27. The Balaban J connectivity index is 1.24. The monoisotopic (exact) mass is 463 g/mol. The van der Waals surface area contributed by atoms with Crippen LogP contribution in [0.3, 0.4) is 0 Å². The standard InChI is InChI=1S/C24H21N3O3S2/c28-22(13-19-16-32-24(26-19)27-23(29)21-10-5-11-31-21)25-14-18-8-4-9-20(12-18)30-15-17-6-2-1-3-7-17/h1-12,16H,13-15H2,(H,25,28)(H,26,27,29). The maximum atomic E-state index is 12.3. The molecule has 2 N–H and O–H groups in total. The minimum atomic E-state index is -0.195. The normalized spacial score (nSPS) is 10.5. The third-order valence-electron chi connectivity index (χ3n) is 4.50. The number of carbonyl (C=O) groups is 2. The summed E-state index contributed by atoms with van der Waals surface area (Å²) in [5.74, 6) is 0.424. The summed E-state index contributed by atoms with van der Waals surface area (Å²) >= 11 is 2.67. The maximum Gasteiger partial charge on any atom is 0.267 e. The van der Waals surface area contributed by atoms with Crippen molar-refractivity contribution in [3.8, 4) is 5.75 Å². The van der Waals surface area contributed by atoms with E-state index < -0.39 is 0 Å². The summed E-state index contributed by atoms with van der Waals surface area (Å²) in [4.78, 5) is 29.4. The van der Waals surface area contributed by atoms with Gasteiger partial charge >= 0.3 is 0 Å². The van der Waals surface area contributed by atoms with Crippen molar-refractivity contribution < 1.29 is 14.3 Å². The van der Waals surface area contributed by atoms with E-state index in [9.17, 15) is 9.59 Å². The second-order valence-corrected chi connectivity index (χ2v) is 8.76. The van der Waals surface area contributed by atoms with Gasteiger partial charge in [-0.3, -0.25) is 14.9 Å². The van der Waals surface area contributed by atoms with Crippen LogP contribution >= 0.6 is 22.7 Å². The molecule has 0 radical (unpaired) electrons. The number of benzene rings is 2.